The van der Waals surface area contributed by atoms with Crippen LogP contribution in [0.5, 0.6) is 0 Å². The minimum Gasteiger partial charge on any atom is -0.426 e. The molecule has 0 saturated heterocycles. The van der Waals surface area contributed by atoms with Crippen LogP contribution in [0.3, 0.4) is 0 Å². The zero-order chi connectivity index (χ0) is 11.3. The van der Waals surface area contributed by atoms with Crippen molar-refractivity contribution in [3.05, 3.63) is 0 Å². The van der Waals surface area contributed by atoms with E-state index in [1.807, 2.05) is 13.8 Å². The van der Waals surface area contributed by atoms with Crippen molar-refractivity contribution in [1.82, 2.24) is 5.32 Å². The lowest BCUT2D eigenvalue weighted by Gasteiger charge is -2.20. The van der Waals surface area contributed by atoms with Gasteiger partial charge in [0.15, 0.2) is 0 Å². The largest absolute Gasteiger partial charge is 0.475 e. The van der Waals surface area contributed by atoms with Gasteiger partial charge in [0.1, 0.15) is 0 Å². The molecule has 0 aliphatic rings. The first-order valence-electron chi connectivity index (χ1n) is 4.76. The van der Waals surface area contributed by atoms with E-state index in [0.29, 0.717) is 6.42 Å². The first kappa shape index (κ1) is 13.4. The molecule has 0 aliphatic heterocycles. The molecule has 2 atom stereocenters. The Hall–Kier alpha value is -0.585. The number of rotatable bonds is 5. The van der Waals surface area contributed by atoms with E-state index in [1.54, 1.807) is 6.92 Å². The Bertz CT molecular complexity index is 185. The third-order valence-electron chi connectivity index (χ3n) is 1.83. The molecule has 0 spiro atoms. The highest BCUT2D eigenvalue weighted by Gasteiger charge is 2.26. The lowest BCUT2D eigenvalue weighted by Crippen LogP contribution is -2.51. The molecule has 0 aromatic rings. The van der Waals surface area contributed by atoms with E-state index in [2.05, 4.69) is 5.32 Å². The normalized spacial score (nSPS) is 15.1. The molecule has 0 heterocycles. The molecule has 0 fully saturated rings. The zero-order valence-electron chi connectivity index (χ0n) is 8.90. The fourth-order valence-corrected chi connectivity index (χ4v) is 1.08. The van der Waals surface area contributed by atoms with Gasteiger partial charge in [-0.25, -0.2) is 0 Å². The van der Waals surface area contributed by atoms with Gasteiger partial charge in [-0.05, 0) is 19.3 Å². The van der Waals surface area contributed by atoms with Crippen molar-refractivity contribution in [2.45, 2.75) is 39.2 Å². The van der Waals surface area contributed by atoms with Crippen LogP contribution < -0.4 is 11.1 Å². The second-order valence-electron chi connectivity index (χ2n) is 3.95. The van der Waals surface area contributed by atoms with Crippen molar-refractivity contribution in [2.75, 3.05) is 0 Å². The molecule has 0 aliphatic carbocycles. The summed E-state index contributed by atoms with van der Waals surface area (Å²) in [5, 5.41) is 20.5. The Labute approximate surface area is 84.8 Å². The average molecular weight is 202 g/mol. The summed E-state index contributed by atoms with van der Waals surface area (Å²) in [4.78, 5) is 11.2. The molecule has 0 saturated carbocycles. The Morgan fingerprint density at radius 3 is 2.21 bits per heavy atom. The number of nitrogens with two attached hydrogens (primary N) is 1. The lowest BCUT2D eigenvalue weighted by molar-refractivity contribution is -0.122. The van der Waals surface area contributed by atoms with Gasteiger partial charge in [0.05, 0.1) is 12.0 Å². The second kappa shape index (κ2) is 6.00. The smallest absolute Gasteiger partial charge is 0.426 e. The molecule has 0 aromatic carbocycles. The molecule has 1 amide bonds. The van der Waals surface area contributed by atoms with E-state index in [0.717, 1.165) is 0 Å². The van der Waals surface area contributed by atoms with E-state index < -0.39 is 19.1 Å². The van der Waals surface area contributed by atoms with E-state index in [9.17, 15) is 4.79 Å². The third kappa shape index (κ3) is 5.21. The number of hydrogen-bond acceptors (Lipinski definition) is 4. The molecular weight excluding hydrogens is 183 g/mol. The SMILES string of the molecule is CC(C)CC(NC(=O)C(C)N)B(O)O. The molecule has 82 valence electrons. The summed E-state index contributed by atoms with van der Waals surface area (Å²) in [6.45, 7) is 5.42. The maximum absolute atomic E-state index is 11.2. The predicted molar refractivity (Wildman–Crippen MR) is 55.2 cm³/mol. The summed E-state index contributed by atoms with van der Waals surface area (Å²) >= 11 is 0. The minimum absolute atomic E-state index is 0.273. The summed E-state index contributed by atoms with van der Waals surface area (Å²) in [5.74, 6) is -0.743. The van der Waals surface area contributed by atoms with Crippen LogP contribution in [0.1, 0.15) is 27.2 Å². The summed E-state index contributed by atoms with van der Waals surface area (Å²) in [5.41, 5.74) is 5.34. The maximum Gasteiger partial charge on any atom is 0.475 e. The Morgan fingerprint density at radius 1 is 1.43 bits per heavy atom. The van der Waals surface area contributed by atoms with Crippen LogP contribution in [0.4, 0.5) is 0 Å². The number of amides is 1. The topological polar surface area (TPSA) is 95.6 Å². The molecule has 14 heavy (non-hydrogen) atoms. The maximum atomic E-state index is 11.2. The molecule has 0 bridgehead atoms. The van der Waals surface area contributed by atoms with Crippen molar-refractivity contribution in [1.29, 1.82) is 0 Å². The van der Waals surface area contributed by atoms with Gasteiger partial charge in [-0.3, -0.25) is 4.79 Å². The average Bonchev–Trinajstić information content (AvgIpc) is 2.01. The van der Waals surface area contributed by atoms with Gasteiger partial charge in [-0.15, -0.1) is 0 Å². The second-order valence-corrected chi connectivity index (χ2v) is 3.95. The van der Waals surface area contributed by atoms with Gasteiger partial charge < -0.3 is 21.1 Å². The Morgan fingerprint density at radius 2 is 1.93 bits per heavy atom. The van der Waals surface area contributed by atoms with Crippen LogP contribution in [0.25, 0.3) is 0 Å². The highest BCUT2D eigenvalue weighted by atomic mass is 16.4. The number of carbonyl (C=O) groups excluding carboxylic acids is 1. The van der Waals surface area contributed by atoms with Crippen LogP contribution in [0, 0.1) is 5.92 Å². The summed E-state index contributed by atoms with van der Waals surface area (Å²) in [6.07, 6.45) is 0.510. The van der Waals surface area contributed by atoms with Gasteiger partial charge in [0.25, 0.3) is 0 Å². The van der Waals surface area contributed by atoms with E-state index >= 15 is 0 Å². The van der Waals surface area contributed by atoms with Crippen LogP contribution in [-0.4, -0.2) is 35.1 Å². The molecular formula is C8H19BN2O3. The lowest BCUT2D eigenvalue weighted by atomic mass is 9.75. The van der Waals surface area contributed by atoms with Gasteiger partial charge in [-0.1, -0.05) is 13.8 Å². The zero-order valence-corrected chi connectivity index (χ0v) is 8.90. The highest BCUT2D eigenvalue weighted by molar-refractivity contribution is 6.43. The fraction of sp³-hybridized carbons (Fsp3) is 0.875. The molecule has 5 N–H and O–H groups in total. The summed E-state index contributed by atoms with van der Waals surface area (Å²) in [7, 11) is -1.54. The van der Waals surface area contributed by atoms with E-state index in [1.165, 1.54) is 0 Å². The van der Waals surface area contributed by atoms with Crippen molar-refractivity contribution in [3.63, 3.8) is 0 Å². The Kier molecular flexibility index (Phi) is 5.75. The van der Waals surface area contributed by atoms with Crippen LogP contribution in [0.15, 0.2) is 0 Å². The van der Waals surface area contributed by atoms with Gasteiger partial charge >= 0.3 is 7.12 Å². The third-order valence-corrected chi connectivity index (χ3v) is 1.83. The first-order chi connectivity index (χ1) is 6.34. The molecule has 5 nitrogen and oxygen atoms in total. The van der Waals surface area contributed by atoms with Crippen LogP contribution >= 0.6 is 0 Å². The monoisotopic (exact) mass is 202 g/mol. The fourth-order valence-electron chi connectivity index (χ4n) is 1.08. The Balaban J connectivity index is 4.16. The number of carbonyl (C=O) groups is 1. The molecule has 6 heteroatoms. The van der Waals surface area contributed by atoms with Crippen molar-refractivity contribution < 1.29 is 14.8 Å². The molecule has 0 aromatic heterocycles. The quantitative estimate of drug-likeness (QED) is 0.424. The molecule has 0 rings (SSSR count). The molecule has 0 radical (unpaired) electrons. The van der Waals surface area contributed by atoms with Crippen LogP contribution in [-0.2, 0) is 4.79 Å². The van der Waals surface area contributed by atoms with Crippen molar-refractivity contribution >= 4 is 13.0 Å². The number of nitrogens with one attached hydrogen (secondary N) is 1. The van der Waals surface area contributed by atoms with Crippen LogP contribution in [0.2, 0.25) is 0 Å². The molecule has 2 unspecified atom stereocenters. The predicted octanol–water partition coefficient (Wildman–Crippen LogP) is -1.12. The summed E-state index contributed by atoms with van der Waals surface area (Å²) < 4.78 is 0. The van der Waals surface area contributed by atoms with Crippen molar-refractivity contribution in [3.8, 4) is 0 Å². The van der Waals surface area contributed by atoms with E-state index in [4.69, 9.17) is 15.8 Å². The van der Waals surface area contributed by atoms with Gasteiger partial charge in [0.2, 0.25) is 5.91 Å². The first-order valence-corrected chi connectivity index (χ1v) is 4.76. The highest BCUT2D eigenvalue weighted by Crippen LogP contribution is 2.05. The summed E-state index contributed by atoms with van der Waals surface area (Å²) in [6, 6.07) is -0.636. The standard InChI is InChI=1S/C8H19BN2O3/c1-5(2)4-7(9(13)14)11-8(12)6(3)10/h5-7,13-14H,4,10H2,1-3H3,(H,11,12). The number of hydrogen-bond donors (Lipinski definition) is 4. The van der Waals surface area contributed by atoms with Gasteiger partial charge in [-0.2, -0.15) is 0 Å². The minimum atomic E-state index is -1.54. The van der Waals surface area contributed by atoms with Crippen molar-refractivity contribution in [2.24, 2.45) is 11.7 Å². The van der Waals surface area contributed by atoms with Gasteiger partial charge in [0, 0.05) is 0 Å². The van der Waals surface area contributed by atoms with E-state index in [-0.39, 0.29) is 11.8 Å².